The highest BCUT2D eigenvalue weighted by Crippen LogP contribution is 2.32. The average molecular weight is 267 g/mol. The van der Waals surface area contributed by atoms with E-state index in [4.69, 9.17) is 4.74 Å². The van der Waals surface area contributed by atoms with Crippen LogP contribution in [0, 0.1) is 5.82 Å². The zero-order chi connectivity index (χ0) is 13.8. The number of fused-ring (bicyclic) bond motifs is 1. The molecule has 0 bridgehead atoms. The topological polar surface area (TPSA) is 64.6 Å². The van der Waals surface area contributed by atoms with E-state index in [1.165, 1.54) is 18.2 Å². The van der Waals surface area contributed by atoms with E-state index in [0.29, 0.717) is 11.3 Å². The second-order valence-corrected chi connectivity index (χ2v) is 4.10. The first-order valence-corrected chi connectivity index (χ1v) is 5.97. The summed E-state index contributed by atoms with van der Waals surface area (Å²) in [6, 6.07) is 3.69. The maximum absolute atomic E-state index is 13.1. The van der Waals surface area contributed by atoms with Crippen LogP contribution in [0.15, 0.2) is 18.2 Å². The van der Waals surface area contributed by atoms with Gasteiger partial charge in [-0.25, -0.2) is 4.39 Å². The first-order valence-electron chi connectivity index (χ1n) is 5.97. The van der Waals surface area contributed by atoms with Crippen LogP contribution in [0.1, 0.15) is 24.9 Å². The van der Waals surface area contributed by atoms with Crippen LogP contribution in [0.2, 0.25) is 0 Å². The number of benzene rings is 1. The molecule has 1 aromatic carbocycles. The second-order valence-electron chi connectivity index (χ2n) is 4.10. The summed E-state index contributed by atoms with van der Waals surface area (Å²) in [7, 11) is 0. The van der Waals surface area contributed by atoms with Crippen molar-refractivity contribution < 1.29 is 23.5 Å². The summed E-state index contributed by atoms with van der Waals surface area (Å²) in [4.78, 5) is 22.8. The van der Waals surface area contributed by atoms with E-state index in [-0.39, 0.29) is 19.6 Å². The maximum Gasteiger partial charge on any atom is 0.315 e. The van der Waals surface area contributed by atoms with Crippen molar-refractivity contribution in [3.63, 3.8) is 0 Å². The molecular weight excluding hydrogens is 253 g/mol. The molecule has 6 heteroatoms. The summed E-state index contributed by atoms with van der Waals surface area (Å²) in [6.07, 6.45) is -0.352. The van der Waals surface area contributed by atoms with Gasteiger partial charge in [0.2, 0.25) is 5.91 Å². The van der Waals surface area contributed by atoms with Crippen LogP contribution in [0.3, 0.4) is 0 Å². The van der Waals surface area contributed by atoms with Crippen molar-refractivity contribution in [3.8, 4) is 5.75 Å². The van der Waals surface area contributed by atoms with Crippen molar-refractivity contribution in [2.45, 2.75) is 19.4 Å². The molecule has 19 heavy (non-hydrogen) atoms. The van der Waals surface area contributed by atoms with Crippen molar-refractivity contribution in [1.29, 1.82) is 0 Å². The standard InChI is InChI=1S/C13H14FNO4/c1-2-18-13(17)6-12(16)15-10-7-19-11-4-3-8(14)5-9(10)11/h3-5,10H,2,6-7H2,1H3,(H,15,16). The molecule has 1 aliphatic heterocycles. The van der Waals surface area contributed by atoms with E-state index < -0.39 is 23.7 Å². The van der Waals surface area contributed by atoms with Gasteiger partial charge in [0.05, 0.1) is 12.6 Å². The van der Waals surface area contributed by atoms with Crippen LogP contribution in [-0.2, 0) is 14.3 Å². The van der Waals surface area contributed by atoms with Gasteiger partial charge in [-0.3, -0.25) is 9.59 Å². The molecule has 1 heterocycles. The minimum absolute atomic E-state index is 0.229. The molecule has 1 atom stereocenters. The predicted molar refractivity (Wildman–Crippen MR) is 64.0 cm³/mol. The molecule has 0 radical (unpaired) electrons. The predicted octanol–water partition coefficient (Wildman–Crippen LogP) is 1.33. The van der Waals surface area contributed by atoms with Crippen LogP contribution in [0.4, 0.5) is 4.39 Å². The van der Waals surface area contributed by atoms with E-state index in [0.717, 1.165) is 0 Å². The van der Waals surface area contributed by atoms with Crippen LogP contribution >= 0.6 is 0 Å². The molecule has 2 rings (SSSR count). The molecule has 1 N–H and O–H groups in total. The van der Waals surface area contributed by atoms with Crippen molar-refractivity contribution >= 4 is 11.9 Å². The quantitative estimate of drug-likeness (QED) is 0.660. The van der Waals surface area contributed by atoms with Gasteiger partial charge in [0.1, 0.15) is 24.6 Å². The Kier molecular flexibility index (Phi) is 3.99. The largest absolute Gasteiger partial charge is 0.491 e. The third kappa shape index (κ3) is 3.21. The Balaban J connectivity index is 1.97. The molecule has 102 valence electrons. The van der Waals surface area contributed by atoms with Crippen LogP contribution in [-0.4, -0.2) is 25.1 Å². The Morgan fingerprint density at radius 1 is 1.53 bits per heavy atom. The highest BCUT2D eigenvalue weighted by Gasteiger charge is 2.26. The fraction of sp³-hybridized carbons (Fsp3) is 0.385. The van der Waals surface area contributed by atoms with Gasteiger partial charge in [-0.2, -0.15) is 0 Å². The van der Waals surface area contributed by atoms with Crippen molar-refractivity contribution in [1.82, 2.24) is 5.32 Å². The summed E-state index contributed by atoms with van der Waals surface area (Å²) in [5.41, 5.74) is 0.581. The average Bonchev–Trinajstić information content (AvgIpc) is 2.72. The van der Waals surface area contributed by atoms with Crippen molar-refractivity contribution in [3.05, 3.63) is 29.6 Å². The lowest BCUT2D eigenvalue weighted by Gasteiger charge is -2.11. The molecule has 0 saturated carbocycles. The number of esters is 1. The van der Waals surface area contributed by atoms with Gasteiger partial charge in [0.15, 0.2) is 0 Å². The Morgan fingerprint density at radius 2 is 2.32 bits per heavy atom. The van der Waals surface area contributed by atoms with E-state index >= 15 is 0 Å². The van der Waals surface area contributed by atoms with E-state index in [1.54, 1.807) is 6.92 Å². The van der Waals surface area contributed by atoms with E-state index in [1.807, 2.05) is 0 Å². The molecule has 0 saturated heterocycles. The number of hydrogen-bond donors (Lipinski definition) is 1. The number of carbonyl (C=O) groups excluding carboxylic acids is 2. The van der Waals surface area contributed by atoms with Crippen LogP contribution in [0.25, 0.3) is 0 Å². The van der Waals surface area contributed by atoms with Gasteiger partial charge < -0.3 is 14.8 Å². The molecule has 1 aromatic rings. The summed E-state index contributed by atoms with van der Waals surface area (Å²) in [5.74, 6) is -0.903. The Hall–Kier alpha value is -2.11. The minimum Gasteiger partial charge on any atom is -0.491 e. The highest BCUT2D eigenvalue weighted by atomic mass is 19.1. The minimum atomic E-state index is -0.585. The Morgan fingerprint density at radius 3 is 3.05 bits per heavy atom. The Bertz CT molecular complexity index is 503. The van der Waals surface area contributed by atoms with Gasteiger partial charge in [-0.1, -0.05) is 0 Å². The van der Waals surface area contributed by atoms with Gasteiger partial charge in [0.25, 0.3) is 0 Å². The zero-order valence-electron chi connectivity index (χ0n) is 10.4. The summed E-state index contributed by atoms with van der Waals surface area (Å²) in [6.45, 7) is 2.12. The van der Waals surface area contributed by atoms with Crippen LogP contribution < -0.4 is 10.1 Å². The third-order valence-corrected chi connectivity index (χ3v) is 2.70. The maximum atomic E-state index is 13.1. The lowest BCUT2D eigenvalue weighted by atomic mass is 10.1. The number of ether oxygens (including phenoxy) is 2. The number of amides is 1. The summed E-state index contributed by atoms with van der Waals surface area (Å²) < 4.78 is 23.1. The zero-order valence-corrected chi connectivity index (χ0v) is 10.4. The normalized spacial score (nSPS) is 16.4. The molecule has 5 nitrogen and oxygen atoms in total. The van der Waals surface area contributed by atoms with E-state index in [2.05, 4.69) is 10.1 Å². The van der Waals surface area contributed by atoms with E-state index in [9.17, 15) is 14.0 Å². The van der Waals surface area contributed by atoms with Gasteiger partial charge in [-0.05, 0) is 25.1 Å². The number of rotatable bonds is 4. The highest BCUT2D eigenvalue weighted by molar-refractivity contribution is 5.94. The van der Waals surface area contributed by atoms with Gasteiger partial charge in [0, 0.05) is 5.56 Å². The molecule has 1 amide bonds. The lowest BCUT2D eigenvalue weighted by molar-refractivity contribution is -0.146. The fourth-order valence-corrected chi connectivity index (χ4v) is 1.89. The molecule has 0 aromatic heterocycles. The van der Waals surface area contributed by atoms with Gasteiger partial charge in [-0.15, -0.1) is 0 Å². The molecule has 1 unspecified atom stereocenters. The smallest absolute Gasteiger partial charge is 0.315 e. The number of hydrogen-bond acceptors (Lipinski definition) is 4. The fourth-order valence-electron chi connectivity index (χ4n) is 1.89. The SMILES string of the molecule is CCOC(=O)CC(=O)NC1COc2ccc(F)cc21. The summed E-state index contributed by atoms with van der Waals surface area (Å²) in [5, 5.41) is 2.62. The number of nitrogens with one attached hydrogen (secondary N) is 1. The lowest BCUT2D eigenvalue weighted by Crippen LogP contribution is -2.31. The molecule has 0 spiro atoms. The first kappa shape index (κ1) is 13.3. The first-order chi connectivity index (χ1) is 9.10. The molecular formula is C13H14FNO4. The van der Waals surface area contributed by atoms with Crippen molar-refractivity contribution in [2.24, 2.45) is 0 Å². The Labute approximate surface area is 109 Å². The molecule has 1 aliphatic rings. The monoisotopic (exact) mass is 267 g/mol. The van der Waals surface area contributed by atoms with Crippen molar-refractivity contribution in [2.75, 3.05) is 13.2 Å². The third-order valence-electron chi connectivity index (χ3n) is 2.70. The number of halogens is 1. The van der Waals surface area contributed by atoms with Gasteiger partial charge >= 0.3 is 5.97 Å². The number of carbonyl (C=O) groups is 2. The van der Waals surface area contributed by atoms with Crippen LogP contribution in [0.5, 0.6) is 5.75 Å². The molecule has 0 fully saturated rings. The second kappa shape index (κ2) is 5.69. The summed E-state index contributed by atoms with van der Waals surface area (Å²) >= 11 is 0. The molecule has 0 aliphatic carbocycles.